The van der Waals surface area contributed by atoms with Crippen molar-refractivity contribution in [3.8, 4) is 11.5 Å². The van der Waals surface area contributed by atoms with Crippen molar-refractivity contribution in [1.29, 1.82) is 0 Å². The Bertz CT molecular complexity index is 727. The van der Waals surface area contributed by atoms with Crippen molar-refractivity contribution in [3.63, 3.8) is 0 Å². The topological polar surface area (TPSA) is 47.6 Å². The Morgan fingerprint density at radius 3 is 2.07 bits per heavy atom. The second kappa shape index (κ2) is 10.0. The molecule has 0 saturated heterocycles. The first kappa shape index (κ1) is 20.8. The number of methoxy groups -OCH3 is 1. The van der Waals surface area contributed by atoms with Gasteiger partial charge < -0.3 is 14.8 Å². The number of rotatable bonds is 9. The summed E-state index contributed by atoms with van der Waals surface area (Å²) in [5.74, 6) is 2.14. The third-order valence-corrected chi connectivity index (χ3v) is 4.51. The molecule has 0 aliphatic carbocycles. The first-order valence-electron chi connectivity index (χ1n) is 9.62. The van der Waals surface area contributed by atoms with E-state index in [-0.39, 0.29) is 5.91 Å². The molecule has 2 aromatic carbocycles. The summed E-state index contributed by atoms with van der Waals surface area (Å²) in [5, 5.41) is 3.14. The maximum absolute atomic E-state index is 12.5. The van der Waals surface area contributed by atoms with E-state index in [0.29, 0.717) is 42.8 Å². The average molecular weight is 370 g/mol. The lowest BCUT2D eigenvalue weighted by molar-refractivity contribution is -0.116. The summed E-state index contributed by atoms with van der Waals surface area (Å²) in [5.41, 5.74) is 3.33. The molecule has 0 radical (unpaired) electrons. The fourth-order valence-electron chi connectivity index (χ4n) is 3.05. The largest absolute Gasteiger partial charge is 0.493 e. The molecule has 146 valence electrons. The zero-order valence-electron chi connectivity index (χ0n) is 17.0. The Hall–Kier alpha value is -2.49. The van der Waals surface area contributed by atoms with Gasteiger partial charge in [-0.05, 0) is 41.5 Å². The van der Waals surface area contributed by atoms with Crippen LogP contribution >= 0.6 is 0 Å². The van der Waals surface area contributed by atoms with Crippen molar-refractivity contribution in [2.75, 3.05) is 19.0 Å². The third kappa shape index (κ3) is 5.75. The molecule has 2 aromatic rings. The van der Waals surface area contributed by atoms with E-state index < -0.39 is 0 Å². The van der Waals surface area contributed by atoms with Crippen LogP contribution in [0.3, 0.4) is 0 Å². The first-order chi connectivity index (χ1) is 12.9. The zero-order valence-corrected chi connectivity index (χ0v) is 17.0. The highest BCUT2D eigenvalue weighted by Gasteiger charge is 2.15. The molecule has 0 atom stereocenters. The van der Waals surface area contributed by atoms with Crippen LogP contribution in [0.4, 0.5) is 5.69 Å². The van der Waals surface area contributed by atoms with E-state index in [2.05, 4.69) is 51.2 Å². The SMILES string of the molecule is COc1ccccc1OCCCC(=O)Nc1c(C(C)C)cccc1C(C)C. The molecule has 1 amide bonds. The van der Waals surface area contributed by atoms with Gasteiger partial charge in [0.15, 0.2) is 11.5 Å². The third-order valence-electron chi connectivity index (χ3n) is 4.51. The monoisotopic (exact) mass is 369 g/mol. The highest BCUT2D eigenvalue weighted by Crippen LogP contribution is 2.32. The Labute approximate surface area is 162 Å². The van der Waals surface area contributed by atoms with Crippen molar-refractivity contribution >= 4 is 11.6 Å². The van der Waals surface area contributed by atoms with Gasteiger partial charge >= 0.3 is 0 Å². The smallest absolute Gasteiger partial charge is 0.224 e. The molecule has 27 heavy (non-hydrogen) atoms. The maximum Gasteiger partial charge on any atom is 0.224 e. The Balaban J connectivity index is 1.94. The average Bonchev–Trinajstić information content (AvgIpc) is 2.65. The fraction of sp³-hybridized carbons (Fsp3) is 0.435. The molecule has 0 bridgehead atoms. The zero-order chi connectivity index (χ0) is 19.8. The lowest BCUT2D eigenvalue weighted by atomic mass is 9.92. The van der Waals surface area contributed by atoms with Crippen LogP contribution in [0.5, 0.6) is 11.5 Å². The van der Waals surface area contributed by atoms with E-state index in [0.717, 1.165) is 5.69 Å². The second-order valence-electron chi connectivity index (χ2n) is 7.27. The summed E-state index contributed by atoms with van der Waals surface area (Å²) in [6.45, 7) is 9.06. The molecule has 0 fully saturated rings. The van der Waals surface area contributed by atoms with Crippen LogP contribution in [0.2, 0.25) is 0 Å². The van der Waals surface area contributed by atoms with E-state index in [9.17, 15) is 4.79 Å². The van der Waals surface area contributed by atoms with Gasteiger partial charge in [0.05, 0.1) is 13.7 Å². The van der Waals surface area contributed by atoms with Gasteiger partial charge in [0.2, 0.25) is 5.91 Å². The number of para-hydroxylation sites is 3. The van der Waals surface area contributed by atoms with Gasteiger partial charge in [-0.1, -0.05) is 58.0 Å². The number of hydrogen-bond donors (Lipinski definition) is 1. The number of ether oxygens (including phenoxy) is 2. The number of hydrogen-bond acceptors (Lipinski definition) is 3. The fourth-order valence-corrected chi connectivity index (χ4v) is 3.05. The van der Waals surface area contributed by atoms with Crippen LogP contribution in [0.15, 0.2) is 42.5 Å². The predicted molar refractivity (Wildman–Crippen MR) is 111 cm³/mol. The van der Waals surface area contributed by atoms with Crippen LogP contribution in [0.1, 0.15) is 63.5 Å². The first-order valence-corrected chi connectivity index (χ1v) is 9.62. The van der Waals surface area contributed by atoms with Crippen LogP contribution in [0.25, 0.3) is 0 Å². The molecule has 0 heterocycles. The number of carbonyl (C=O) groups is 1. The van der Waals surface area contributed by atoms with Crippen molar-refractivity contribution in [2.24, 2.45) is 0 Å². The number of carbonyl (C=O) groups excluding carboxylic acids is 1. The number of nitrogens with one attached hydrogen (secondary N) is 1. The van der Waals surface area contributed by atoms with Crippen LogP contribution < -0.4 is 14.8 Å². The summed E-state index contributed by atoms with van der Waals surface area (Å²) < 4.78 is 11.0. The predicted octanol–water partition coefficient (Wildman–Crippen LogP) is 5.74. The van der Waals surface area contributed by atoms with Gasteiger partial charge in [-0.25, -0.2) is 0 Å². The highest BCUT2D eigenvalue weighted by atomic mass is 16.5. The van der Waals surface area contributed by atoms with Crippen LogP contribution in [0, 0.1) is 0 Å². The van der Waals surface area contributed by atoms with E-state index >= 15 is 0 Å². The minimum Gasteiger partial charge on any atom is -0.493 e. The second-order valence-corrected chi connectivity index (χ2v) is 7.27. The van der Waals surface area contributed by atoms with Gasteiger partial charge in [0.1, 0.15) is 0 Å². The van der Waals surface area contributed by atoms with E-state index in [1.165, 1.54) is 11.1 Å². The molecule has 0 aromatic heterocycles. The Morgan fingerprint density at radius 2 is 1.52 bits per heavy atom. The van der Waals surface area contributed by atoms with E-state index in [4.69, 9.17) is 9.47 Å². The van der Waals surface area contributed by atoms with Gasteiger partial charge in [-0.2, -0.15) is 0 Å². The van der Waals surface area contributed by atoms with Crippen LogP contribution in [-0.2, 0) is 4.79 Å². The number of benzene rings is 2. The number of amides is 1. The Kier molecular flexibility index (Phi) is 7.71. The highest BCUT2D eigenvalue weighted by molar-refractivity contribution is 5.92. The summed E-state index contributed by atoms with van der Waals surface area (Å²) in [6, 6.07) is 13.8. The van der Waals surface area contributed by atoms with Gasteiger partial charge in [0.25, 0.3) is 0 Å². The normalized spacial score (nSPS) is 10.9. The Morgan fingerprint density at radius 1 is 0.926 bits per heavy atom. The quantitative estimate of drug-likeness (QED) is 0.573. The summed E-state index contributed by atoms with van der Waals surface area (Å²) in [6.07, 6.45) is 1.06. The van der Waals surface area contributed by atoms with Gasteiger partial charge in [0, 0.05) is 12.1 Å². The molecule has 2 rings (SSSR count). The summed E-state index contributed by atoms with van der Waals surface area (Å²) >= 11 is 0. The molecule has 1 N–H and O–H groups in total. The van der Waals surface area contributed by atoms with Crippen molar-refractivity contribution in [2.45, 2.75) is 52.4 Å². The van der Waals surface area contributed by atoms with Gasteiger partial charge in [-0.3, -0.25) is 4.79 Å². The van der Waals surface area contributed by atoms with Crippen LogP contribution in [-0.4, -0.2) is 19.6 Å². The molecular formula is C23H31NO3. The standard InChI is InChI=1S/C23H31NO3/c1-16(2)18-10-8-11-19(17(3)4)23(18)24-22(25)14-9-15-27-21-13-7-6-12-20(21)26-5/h6-8,10-13,16-17H,9,14-15H2,1-5H3,(H,24,25). The molecular weight excluding hydrogens is 338 g/mol. The lowest BCUT2D eigenvalue weighted by Gasteiger charge is -2.20. The number of anilines is 1. The minimum atomic E-state index is 0.0219. The maximum atomic E-state index is 12.5. The minimum absolute atomic E-state index is 0.0219. The molecule has 0 aliphatic heterocycles. The van der Waals surface area contributed by atoms with Crippen molar-refractivity contribution < 1.29 is 14.3 Å². The van der Waals surface area contributed by atoms with E-state index in [1.54, 1.807) is 7.11 Å². The molecule has 4 nitrogen and oxygen atoms in total. The lowest BCUT2D eigenvalue weighted by Crippen LogP contribution is -2.16. The summed E-state index contributed by atoms with van der Waals surface area (Å²) in [4.78, 5) is 12.5. The van der Waals surface area contributed by atoms with Crippen molar-refractivity contribution in [1.82, 2.24) is 0 Å². The van der Waals surface area contributed by atoms with E-state index in [1.807, 2.05) is 24.3 Å². The molecule has 0 spiro atoms. The molecule has 0 unspecified atom stereocenters. The molecule has 0 saturated carbocycles. The molecule has 4 heteroatoms. The van der Waals surface area contributed by atoms with Crippen molar-refractivity contribution in [3.05, 3.63) is 53.6 Å². The molecule has 0 aliphatic rings. The summed E-state index contributed by atoms with van der Waals surface area (Å²) in [7, 11) is 1.62. The van der Waals surface area contributed by atoms with Gasteiger partial charge in [-0.15, -0.1) is 0 Å².